The lowest BCUT2D eigenvalue weighted by Crippen LogP contribution is -2.42. The number of anilines is 2. The Balaban J connectivity index is 1.14. The smallest absolute Gasteiger partial charge is 0.223 e. The minimum atomic E-state index is 0.128. The summed E-state index contributed by atoms with van der Waals surface area (Å²) in [5.74, 6) is 2.30. The molecule has 0 atom stereocenters. The second-order valence-corrected chi connectivity index (χ2v) is 9.98. The molecule has 4 rings (SSSR count). The van der Waals surface area contributed by atoms with Gasteiger partial charge in [-0.2, -0.15) is 0 Å². The molecule has 0 spiro atoms. The van der Waals surface area contributed by atoms with Gasteiger partial charge in [-0.3, -0.25) is 4.79 Å². The molecule has 1 amide bonds. The van der Waals surface area contributed by atoms with Crippen LogP contribution in [-0.4, -0.2) is 73.4 Å². The zero-order valence-electron chi connectivity index (χ0n) is 20.0. The van der Waals surface area contributed by atoms with Crippen molar-refractivity contribution in [3.05, 3.63) is 12.1 Å². The van der Waals surface area contributed by atoms with Crippen LogP contribution in [0.15, 0.2) is 12.1 Å². The molecule has 1 aromatic rings. The molecule has 0 aromatic carbocycles. The average molecular weight is 443 g/mol. The molecular formula is C25H42N6O. The summed E-state index contributed by atoms with van der Waals surface area (Å²) in [6.07, 6.45) is 13.5. The Morgan fingerprint density at radius 2 is 1.50 bits per heavy atom. The number of carbonyl (C=O) groups excluding carboxylic acids is 1. The molecule has 178 valence electrons. The van der Waals surface area contributed by atoms with E-state index in [0.29, 0.717) is 0 Å². The lowest BCUT2D eigenvalue weighted by molar-refractivity contribution is -0.125. The third-order valence-corrected chi connectivity index (χ3v) is 7.69. The Bertz CT molecular complexity index is 691. The van der Waals surface area contributed by atoms with Crippen molar-refractivity contribution >= 4 is 17.5 Å². The van der Waals surface area contributed by atoms with E-state index in [9.17, 15) is 4.79 Å². The van der Waals surface area contributed by atoms with Crippen LogP contribution in [-0.2, 0) is 4.79 Å². The number of amides is 1. The number of nitrogens with one attached hydrogen (secondary N) is 1. The highest BCUT2D eigenvalue weighted by Crippen LogP contribution is 2.24. The van der Waals surface area contributed by atoms with E-state index in [4.69, 9.17) is 0 Å². The number of piperidine rings is 2. The van der Waals surface area contributed by atoms with Gasteiger partial charge < -0.3 is 20.0 Å². The van der Waals surface area contributed by atoms with E-state index in [1.54, 1.807) is 0 Å². The lowest BCUT2D eigenvalue weighted by Gasteiger charge is -2.33. The van der Waals surface area contributed by atoms with E-state index in [1.165, 1.54) is 51.4 Å². The summed E-state index contributed by atoms with van der Waals surface area (Å²) < 4.78 is 0. The predicted octanol–water partition coefficient (Wildman–Crippen LogP) is 3.45. The van der Waals surface area contributed by atoms with Crippen LogP contribution in [0.3, 0.4) is 0 Å². The van der Waals surface area contributed by atoms with E-state index in [2.05, 4.69) is 49.4 Å². The van der Waals surface area contributed by atoms with Crippen molar-refractivity contribution < 1.29 is 4.79 Å². The molecule has 1 aliphatic carbocycles. The molecule has 1 aromatic heterocycles. The molecule has 1 N–H and O–H groups in total. The van der Waals surface area contributed by atoms with Crippen molar-refractivity contribution in [3.63, 3.8) is 0 Å². The van der Waals surface area contributed by atoms with E-state index >= 15 is 0 Å². The van der Waals surface area contributed by atoms with Crippen molar-refractivity contribution in [1.82, 2.24) is 20.4 Å². The van der Waals surface area contributed by atoms with Crippen LogP contribution in [0.1, 0.15) is 70.6 Å². The summed E-state index contributed by atoms with van der Waals surface area (Å²) in [6, 6.07) is 4.96. The number of hydrogen-bond donors (Lipinski definition) is 1. The van der Waals surface area contributed by atoms with Gasteiger partial charge in [0.15, 0.2) is 11.6 Å². The Labute approximate surface area is 193 Å². The maximum absolute atomic E-state index is 12.6. The molecule has 3 fully saturated rings. The standard InChI is InChI=1S/C25H42N6O/c1-29(22-9-4-2-5-10-22)16-8-15-26-25(32)21-13-19-31(20-14-21)24-12-11-23(27-28-24)30-17-6-3-7-18-30/h11-12,21-22H,2-10,13-20H2,1H3,(H,26,32). The van der Waals surface area contributed by atoms with Gasteiger partial charge in [0.05, 0.1) is 0 Å². The molecular weight excluding hydrogens is 400 g/mol. The quantitative estimate of drug-likeness (QED) is 0.622. The van der Waals surface area contributed by atoms with Crippen LogP contribution in [0.5, 0.6) is 0 Å². The third kappa shape index (κ3) is 6.33. The lowest BCUT2D eigenvalue weighted by atomic mass is 9.94. The molecule has 0 unspecified atom stereocenters. The first-order chi connectivity index (χ1) is 15.7. The second-order valence-electron chi connectivity index (χ2n) is 9.98. The first-order valence-electron chi connectivity index (χ1n) is 13.0. The fraction of sp³-hybridized carbons (Fsp3) is 0.800. The zero-order valence-corrected chi connectivity index (χ0v) is 20.0. The molecule has 2 saturated heterocycles. The highest BCUT2D eigenvalue weighted by Gasteiger charge is 2.26. The number of rotatable bonds is 8. The minimum absolute atomic E-state index is 0.128. The molecule has 0 radical (unpaired) electrons. The molecule has 7 nitrogen and oxygen atoms in total. The third-order valence-electron chi connectivity index (χ3n) is 7.69. The molecule has 32 heavy (non-hydrogen) atoms. The highest BCUT2D eigenvalue weighted by molar-refractivity contribution is 5.78. The van der Waals surface area contributed by atoms with Gasteiger partial charge in [-0.25, -0.2) is 0 Å². The molecule has 3 heterocycles. The Morgan fingerprint density at radius 1 is 0.906 bits per heavy atom. The second kappa shape index (κ2) is 11.8. The van der Waals surface area contributed by atoms with Gasteiger partial charge in [-0.05, 0) is 77.1 Å². The van der Waals surface area contributed by atoms with Crippen LogP contribution in [0, 0.1) is 5.92 Å². The number of hydrogen-bond acceptors (Lipinski definition) is 6. The Kier molecular flexibility index (Phi) is 8.60. The van der Waals surface area contributed by atoms with E-state index in [1.807, 2.05) is 0 Å². The van der Waals surface area contributed by atoms with E-state index in [0.717, 1.165) is 76.2 Å². The summed E-state index contributed by atoms with van der Waals surface area (Å²) in [6.45, 7) is 5.80. The molecule has 1 saturated carbocycles. The van der Waals surface area contributed by atoms with E-state index < -0.39 is 0 Å². The topological polar surface area (TPSA) is 64.6 Å². The van der Waals surface area contributed by atoms with Crippen LogP contribution in [0.25, 0.3) is 0 Å². The number of aromatic nitrogens is 2. The van der Waals surface area contributed by atoms with E-state index in [-0.39, 0.29) is 11.8 Å². The summed E-state index contributed by atoms with van der Waals surface area (Å²) in [5, 5.41) is 12.2. The molecule has 3 aliphatic rings. The van der Waals surface area contributed by atoms with Crippen molar-refractivity contribution in [2.75, 3.05) is 56.1 Å². The zero-order chi connectivity index (χ0) is 22.2. The van der Waals surface area contributed by atoms with Crippen LogP contribution < -0.4 is 15.1 Å². The summed E-state index contributed by atoms with van der Waals surface area (Å²) in [5.41, 5.74) is 0. The van der Waals surface area contributed by atoms with Crippen LogP contribution in [0.2, 0.25) is 0 Å². The maximum Gasteiger partial charge on any atom is 0.223 e. The molecule has 0 bridgehead atoms. The van der Waals surface area contributed by atoms with Gasteiger partial charge in [0.1, 0.15) is 0 Å². The first kappa shape index (κ1) is 23.3. The van der Waals surface area contributed by atoms with Crippen LogP contribution >= 0.6 is 0 Å². The largest absolute Gasteiger partial charge is 0.356 e. The van der Waals surface area contributed by atoms with Crippen molar-refractivity contribution in [2.24, 2.45) is 5.92 Å². The van der Waals surface area contributed by atoms with Gasteiger partial charge in [0.25, 0.3) is 0 Å². The normalized spacial score (nSPS) is 21.2. The summed E-state index contributed by atoms with van der Waals surface area (Å²) in [4.78, 5) is 19.7. The highest BCUT2D eigenvalue weighted by atomic mass is 16.1. The van der Waals surface area contributed by atoms with Gasteiger partial charge in [0.2, 0.25) is 5.91 Å². The van der Waals surface area contributed by atoms with Crippen molar-refractivity contribution in [3.8, 4) is 0 Å². The fourth-order valence-electron chi connectivity index (χ4n) is 5.54. The molecule has 7 heteroatoms. The van der Waals surface area contributed by atoms with Crippen molar-refractivity contribution in [1.29, 1.82) is 0 Å². The summed E-state index contributed by atoms with van der Waals surface area (Å²) >= 11 is 0. The number of nitrogens with zero attached hydrogens (tertiary/aromatic N) is 5. The molecule has 2 aliphatic heterocycles. The number of carbonyl (C=O) groups is 1. The Morgan fingerprint density at radius 3 is 2.12 bits per heavy atom. The first-order valence-corrected chi connectivity index (χ1v) is 13.0. The monoisotopic (exact) mass is 442 g/mol. The maximum atomic E-state index is 12.6. The van der Waals surface area contributed by atoms with Crippen molar-refractivity contribution in [2.45, 2.75) is 76.7 Å². The summed E-state index contributed by atoms with van der Waals surface area (Å²) in [7, 11) is 2.25. The SMILES string of the molecule is CN(CCCNC(=O)C1CCN(c2ccc(N3CCCCC3)nn2)CC1)C1CCCCC1. The van der Waals surface area contributed by atoms with Gasteiger partial charge in [-0.15, -0.1) is 10.2 Å². The predicted molar refractivity (Wildman–Crippen MR) is 130 cm³/mol. The average Bonchev–Trinajstić information content (AvgIpc) is 2.87. The van der Waals surface area contributed by atoms with Gasteiger partial charge in [0, 0.05) is 44.7 Å². The van der Waals surface area contributed by atoms with Gasteiger partial charge in [-0.1, -0.05) is 19.3 Å². The van der Waals surface area contributed by atoms with Gasteiger partial charge >= 0.3 is 0 Å². The Hall–Kier alpha value is -1.89. The minimum Gasteiger partial charge on any atom is -0.356 e. The fourth-order valence-corrected chi connectivity index (χ4v) is 5.54. The van der Waals surface area contributed by atoms with Crippen LogP contribution in [0.4, 0.5) is 11.6 Å².